The Morgan fingerprint density at radius 3 is 2.71 bits per heavy atom. The number of imidazole rings is 1. The third kappa shape index (κ3) is 2.37. The number of hydrogen-bond acceptors (Lipinski definition) is 5. The summed E-state index contributed by atoms with van der Waals surface area (Å²) in [4.78, 5) is 14.2. The van der Waals surface area contributed by atoms with Crippen molar-refractivity contribution in [2.75, 3.05) is 12.4 Å². The number of aryl methyl sites for hydroxylation is 2. The second kappa shape index (κ2) is 5.92. The first-order chi connectivity index (χ1) is 11.7. The molecule has 1 N–H and O–H groups in total. The lowest BCUT2D eigenvalue weighted by atomic mass is 10.2. The lowest BCUT2D eigenvalue weighted by Crippen LogP contribution is -2.17. The number of nitrogens with one attached hydrogen (secondary N) is 1. The third-order valence-electron chi connectivity index (χ3n) is 4.84. The number of ether oxygens (including phenoxy) is 1. The molecule has 4 rings (SSSR count). The van der Waals surface area contributed by atoms with Gasteiger partial charge in [-0.3, -0.25) is 4.40 Å². The number of aromatic nitrogens is 4. The van der Waals surface area contributed by atoms with E-state index in [0.717, 1.165) is 40.4 Å². The first-order valence-electron chi connectivity index (χ1n) is 8.70. The van der Waals surface area contributed by atoms with Crippen LogP contribution in [0.3, 0.4) is 0 Å². The quantitative estimate of drug-likeness (QED) is 0.795. The molecule has 6 heteroatoms. The summed E-state index contributed by atoms with van der Waals surface area (Å²) in [6, 6.07) is 4.33. The number of nitrogens with zero attached hydrogens (tertiary/aromatic N) is 4. The Balaban J connectivity index is 1.98. The van der Waals surface area contributed by atoms with Crippen LogP contribution in [-0.4, -0.2) is 32.5 Å². The zero-order chi connectivity index (χ0) is 16.7. The molecule has 0 spiro atoms. The smallest absolute Gasteiger partial charge is 0.215 e. The van der Waals surface area contributed by atoms with Gasteiger partial charge >= 0.3 is 0 Å². The number of fused-ring (bicyclic) bond motifs is 3. The molecule has 126 valence electrons. The number of pyridine rings is 1. The van der Waals surface area contributed by atoms with E-state index in [9.17, 15) is 0 Å². The molecule has 1 aliphatic carbocycles. The summed E-state index contributed by atoms with van der Waals surface area (Å²) in [5.41, 5.74) is 3.69. The van der Waals surface area contributed by atoms with E-state index in [1.807, 2.05) is 19.1 Å². The molecule has 1 saturated carbocycles. The van der Waals surface area contributed by atoms with Crippen LogP contribution in [-0.2, 0) is 6.42 Å². The van der Waals surface area contributed by atoms with E-state index in [-0.39, 0.29) is 0 Å². The number of methoxy groups -OCH3 is 1. The van der Waals surface area contributed by atoms with Crippen LogP contribution >= 0.6 is 0 Å². The number of hydrogen-bond donors (Lipinski definition) is 1. The highest BCUT2D eigenvalue weighted by molar-refractivity contribution is 5.84. The van der Waals surface area contributed by atoms with Crippen molar-refractivity contribution in [3.63, 3.8) is 0 Å². The van der Waals surface area contributed by atoms with Crippen molar-refractivity contribution >= 4 is 22.5 Å². The van der Waals surface area contributed by atoms with Crippen LogP contribution in [0.2, 0.25) is 0 Å². The molecule has 1 fully saturated rings. The summed E-state index contributed by atoms with van der Waals surface area (Å²) in [7, 11) is 1.63. The molecule has 0 unspecified atom stereocenters. The Bertz CT molecular complexity index is 895. The second-order valence-corrected chi connectivity index (χ2v) is 6.43. The van der Waals surface area contributed by atoms with Gasteiger partial charge in [-0.05, 0) is 25.8 Å². The van der Waals surface area contributed by atoms with Crippen molar-refractivity contribution < 1.29 is 4.74 Å². The normalized spacial score (nSPS) is 15.5. The summed E-state index contributed by atoms with van der Waals surface area (Å²) < 4.78 is 7.44. The molecular weight excluding hydrogens is 302 g/mol. The van der Waals surface area contributed by atoms with Gasteiger partial charge in [0.15, 0.2) is 11.5 Å². The topological polar surface area (TPSA) is 64.3 Å². The minimum absolute atomic E-state index is 0.504. The van der Waals surface area contributed by atoms with Gasteiger partial charge in [0.2, 0.25) is 5.88 Å². The summed E-state index contributed by atoms with van der Waals surface area (Å²) in [5.74, 6) is 2.52. The summed E-state index contributed by atoms with van der Waals surface area (Å²) in [5, 5.41) is 3.65. The minimum atomic E-state index is 0.504. The van der Waals surface area contributed by atoms with E-state index in [4.69, 9.17) is 14.7 Å². The zero-order valence-electron chi connectivity index (χ0n) is 14.5. The van der Waals surface area contributed by atoms with Crippen LogP contribution in [0.15, 0.2) is 12.1 Å². The van der Waals surface area contributed by atoms with Crippen LogP contribution in [0.1, 0.15) is 44.1 Å². The highest BCUT2D eigenvalue weighted by Gasteiger charge is 2.21. The maximum atomic E-state index is 5.30. The lowest BCUT2D eigenvalue weighted by Gasteiger charge is -2.16. The van der Waals surface area contributed by atoms with Gasteiger partial charge in [-0.2, -0.15) is 4.98 Å². The van der Waals surface area contributed by atoms with Crippen molar-refractivity contribution in [1.82, 2.24) is 19.4 Å². The fourth-order valence-electron chi connectivity index (χ4n) is 3.66. The third-order valence-corrected chi connectivity index (χ3v) is 4.84. The number of anilines is 1. The Morgan fingerprint density at radius 2 is 2.00 bits per heavy atom. The van der Waals surface area contributed by atoms with Gasteiger partial charge in [0.05, 0.1) is 12.8 Å². The maximum absolute atomic E-state index is 5.30. The van der Waals surface area contributed by atoms with Gasteiger partial charge in [-0.1, -0.05) is 19.8 Å². The fraction of sp³-hybridized carbons (Fsp3) is 0.500. The first-order valence-corrected chi connectivity index (χ1v) is 8.70. The predicted octanol–water partition coefficient (Wildman–Crippen LogP) is 3.51. The molecule has 0 saturated heterocycles. The van der Waals surface area contributed by atoms with E-state index in [1.165, 1.54) is 25.7 Å². The standard InChI is InChI=1S/C18H23N5O/c1-4-14-19-11(2)16-17(20-12-7-5-6-8-12)21-13-9-10-15(24-3)22-18(13)23(14)16/h9-10,12H,4-8H2,1-3H3,(H,20,21). The SMILES string of the molecule is CCc1nc(C)c2c(NC3CCCC3)nc3ccc(OC)nc3n12. The predicted molar refractivity (Wildman–Crippen MR) is 94.8 cm³/mol. The van der Waals surface area contributed by atoms with E-state index in [0.29, 0.717) is 11.9 Å². The Kier molecular flexibility index (Phi) is 3.75. The number of rotatable bonds is 4. The molecule has 6 nitrogen and oxygen atoms in total. The van der Waals surface area contributed by atoms with Crippen LogP contribution < -0.4 is 10.1 Å². The molecule has 3 aromatic rings. The molecule has 24 heavy (non-hydrogen) atoms. The van der Waals surface area contributed by atoms with Gasteiger partial charge in [-0.15, -0.1) is 0 Å². The molecule has 1 aliphatic rings. The molecule has 3 aromatic heterocycles. The van der Waals surface area contributed by atoms with Crippen molar-refractivity contribution in [1.29, 1.82) is 0 Å². The van der Waals surface area contributed by atoms with E-state index in [1.54, 1.807) is 7.11 Å². The van der Waals surface area contributed by atoms with Gasteiger partial charge in [0.1, 0.15) is 16.9 Å². The molecular formula is C18H23N5O. The van der Waals surface area contributed by atoms with E-state index < -0.39 is 0 Å². The molecule has 0 aliphatic heterocycles. The van der Waals surface area contributed by atoms with Gasteiger partial charge < -0.3 is 10.1 Å². The van der Waals surface area contributed by atoms with E-state index in [2.05, 4.69) is 21.6 Å². The Morgan fingerprint density at radius 1 is 1.21 bits per heavy atom. The molecule has 0 aromatic carbocycles. The first kappa shape index (κ1) is 15.2. The minimum Gasteiger partial charge on any atom is -0.481 e. The summed E-state index contributed by atoms with van der Waals surface area (Å²) >= 11 is 0. The van der Waals surface area contributed by atoms with Crippen LogP contribution in [0.4, 0.5) is 5.82 Å². The maximum Gasteiger partial charge on any atom is 0.215 e. The van der Waals surface area contributed by atoms with Crippen molar-refractivity contribution in [2.45, 2.75) is 52.0 Å². The van der Waals surface area contributed by atoms with Crippen molar-refractivity contribution in [2.24, 2.45) is 0 Å². The van der Waals surface area contributed by atoms with Crippen LogP contribution in [0.5, 0.6) is 5.88 Å². The molecule has 0 atom stereocenters. The average Bonchev–Trinajstić information content (AvgIpc) is 3.22. The molecule has 0 bridgehead atoms. The Labute approximate surface area is 141 Å². The molecule has 0 amide bonds. The van der Waals surface area contributed by atoms with Gasteiger partial charge in [0.25, 0.3) is 0 Å². The summed E-state index contributed by atoms with van der Waals surface area (Å²) in [6.07, 6.45) is 5.84. The lowest BCUT2D eigenvalue weighted by molar-refractivity contribution is 0.399. The summed E-state index contributed by atoms with van der Waals surface area (Å²) in [6.45, 7) is 4.16. The Hall–Kier alpha value is -2.37. The van der Waals surface area contributed by atoms with Crippen molar-refractivity contribution in [3.8, 4) is 5.88 Å². The monoisotopic (exact) mass is 325 g/mol. The highest BCUT2D eigenvalue weighted by atomic mass is 16.5. The van der Waals surface area contributed by atoms with Crippen molar-refractivity contribution in [3.05, 3.63) is 23.7 Å². The highest BCUT2D eigenvalue weighted by Crippen LogP contribution is 2.29. The van der Waals surface area contributed by atoms with Gasteiger partial charge in [0, 0.05) is 18.5 Å². The van der Waals surface area contributed by atoms with Crippen LogP contribution in [0, 0.1) is 6.92 Å². The fourth-order valence-corrected chi connectivity index (χ4v) is 3.66. The van der Waals surface area contributed by atoms with Gasteiger partial charge in [-0.25, -0.2) is 9.97 Å². The van der Waals surface area contributed by atoms with E-state index >= 15 is 0 Å². The average molecular weight is 325 g/mol. The molecule has 0 radical (unpaired) electrons. The molecule has 3 heterocycles. The largest absolute Gasteiger partial charge is 0.481 e. The zero-order valence-corrected chi connectivity index (χ0v) is 14.5. The van der Waals surface area contributed by atoms with Crippen LogP contribution in [0.25, 0.3) is 16.7 Å². The second-order valence-electron chi connectivity index (χ2n) is 6.43.